The number of aromatic nitrogens is 1. The second-order valence-electron chi connectivity index (χ2n) is 4.13. The zero-order valence-electron chi connectivity index (χ0n) is 9.20. The number of rotatable bonds is 2. The standard InChI is InChI=1S/C12H18N2O/c1-2-14-8-4-3-5-11(14)10-6-7-12(15)13-9-10/h6-7,9,11H,2-5,8H2,1H3,(H,13,15). The number of aromatic amines is 1. The van der Waals surface area contributed by atoms with Crippen LogP contribution in [0.1, 0.15) is 37.8 Å². The van der Waals surface area contributed by atoms with E-state index in [1.165, 1.54) is 31.4 Å². The van der Waals surface area contributed by atoms with E-state index in [1.54, 1.807) is 6.07 Å². The van der Waals surface area contributed by atoms with Gasteiger partial charge in [-0.1, -0.05) is 19.4 Å². The van der Waals surface area contributed by atoms with Crippen molar-refractivity contribution in [3.05, 3.63) is 34.2 Å². The van der Waals surface area contributed by atoms with Gasteiger partial charge < -0.3 is 4.98 Å². The first-order valence-electron chi connectivity index (χ1n) is 5.74. The van der Waals surface area contributed by atoms with Crippen molar-refractivity contribution < 1.29 is 0 Å². The third-order valence-electron chi connectivity index (χ3n) is 3.21. The first kappa shape index (κ1) is 10.4. The molecule has 2 heterocycles. The molecular formula is C12H18N2O. The Morgan fingerprint density at radius 1 is 1.47 bits per heavy atom. The number of piperidine rings is 1. The van der Waals surface area contributed by atoms with E-state index in [0.29, 0.717) is 6.04 Å². The van der Waals surface area contributed by atoms with Crippen molar-refractivity contribution in [3.8, 4) is 0 Å². The van der Waals surface area contributed by atoms with Crippen molar-refractivity contribution in [3.63, 3.8) is 0 Å². The van der Waals surface area contributed by atoms with E-state index >= 15 is 0 Å². The van der Waals surface area contributed by atoms with E-state index in [1.807, 2.05) is 12.3 Å². The van der Waals surface area contributed by atoms with Gasteiger partial charge in [0.15, 0.2) is 0 Å². The quantitative estimate of drug-likeness (QED) is 0.802. The second-order valence-corrected chi connectivity index (χ2v) is 4.13. The summed E-state index contributed by atoms with van der Waals surface area (Å²) in [6.45, 7) is 4.47. The monoisotopic (exact) mass is 206 g/mol. The normalized spacial score (nSPS) is 22.9. The van der Waals surface area contributed by atoms with Crippen LogP contribution >= 0.6 is 0 Å². The molecular weight excluding hydrogens is 188 g/mol. The third-order valence-corrected chi connectivity index (χ3v) is 3.21. The molecule has 0 aliphatic carbocycles. The van der Waals surface area contributed by atoms with E-state index in [2.05, 4.69) is 16.8 Å². The minimum Gasteiger partial charge on any atom is -0.329 e. The maximum Gasteiger partial charge on any atom is 0.247 e. The number of hydrogen-bond donors (Lipinski definition) is 1. The summed E-state index contributed by atoms with van der Waals surface area (Å²) in [6, 6.07) is 4.08. The number of pyridine rings is 1. The molecule has 1 atom stereocenters. The third kappa shape index (κ3) is 2.29. The molecule has 1 N–H and O–H groups in total. The molecule has 1 aliphatic rings. The van der Waals surface area contributed by atoms with Crippen molar-refractivity contribution in [1.82, 2.24) is 9.88 Å². The Morgan fingerprint density at radius 2 is 2.33 bits per heavy atom. The molecule has 1 unspecified atom stereocenters. The molecule has 0 radical (unpaired) electrons. The van der Waals surface area contributed by atoms with E-state index in [4.69, 9.17) is 0 Å². The molecule has 15 heavy (non-hydrogen) atoms. The van der Waals surface area contributed by atoms with Crippen LogP contribution in [-0.4, -0.2) is 23.0 Å². The molecule has 1 aliphatic heterocycles. The zero-order valence-corrected chi connectivity index (χ0v) is 9.20. The number of nitrogens with one attached hydrogen (secondary N) is 1. The lowest BCUT2D eigenvalue weighted by Gasteiger charge is -2.34. The Kier molecular flexibility index (Phi) is 3.21. The predicted molar refractivity (Wildman–Crippen MR) is 60.9 cm³/mol. The van der Waals surface area contributed by atoms with Crippen molar-refractivity contribution in [2.24, 2.45) is 0 Å². The van der Waals surface area contributed by atoms with E-state index in [-0.39, 0.29) is 5.56 Å². The molecule has 0 bridgehead atoms. The number of likely N-dealkylation sites (tertiary alicyclic amines) is 1. The maximum absolute atomic E-state index is 11.0. The molecule has 3 heteroatoms. The molecule has 0 amide bonds. The van der Waals surface area contributed by atoms with Crippen LogP contribution in [0.25, 0.3) is 0 Å². The highest BCUT2D eigenvalue weighted by Gasteiger charge is 2.22. The van der Waals surface area contributed by atoms with Crippen molar-refractivity contribution in [2.75, 3.05) is 13.1 Å². The Balaban J connectivity index is 2.20. The van der Waals surface area contributed by atoms with Gasteiger partial charge in [-0.15, -0.1) is 0 Å². The molecule has 1 aromatic rings. The molecule has 0 spiro atoms. The molecule has 3 nitrogen and oxygen atoms in total. The Morgan fingerprint density at radius 3 is 3.00 bits per heavy atom. The Hall–Kier alpha value is -1.09. The summed E-state index contributed by atoms with van der Waals surface area (Å²) in [5.74, 6) is 0. The Bertz CT molecular complexity index is 352. The molecule has 1 fully saturated rings. The highest BCUT2D eigenvalue weighted by molar-refractivity contribution is 5.14. The summed E-state index contributed by atoms with van der Waals surface area (Å²) < 4.78 is 0. The van der Waals surface area contributed by atoms with Crippen molar-refractivity contribution in [1.29, 1.82) is 0 Å². The molecule has 0 saturated carbocycles. The lowest BCUT2D eigenvalue weighted by Crippen LogP contribution is -2.33. The lowest BCUT2D eigenvalue weighted by atomic mass is 9.96. The van der Waals surface area contributed by atoms with Crippen molar-refractivity contribution in [2.45, 2.75) is 32.2 Å². The fourth-order valence-corrected chi connectivity index (χ4v) is 2.38. The lowest BCUT2D eigenvalue weighted by molar-refractivity contribution is 0.157. The topological polar surface area (TPSA) is 36.1 Å². The number of hydrogen-bond acceptors (Lipinski definition) is 2. The fraction of sp³-hybridized carbons (Fsp3) is 0.583. The smallest absolute Gasteiger partial charge is 0.247 e. The van der Waals surface area contributed by atoms with Gasteiger partial charge in [0.05, 0.1) is 0 Å². The SMILES string of the molecule is CCN1CCCCC1c1ccc(=O)[nH]c1. The summed E-state index contributed by atoms with van der Waals surface area (Å²) >= 11 is 0. The summed E-state index contributed by atoms with van der Waals surface area (Å²) in [4.78, 5) is 16.2. The minimum atomic E-state index is -0.0161. The van der Waals surface area contributed by atoms with E-state index in [9.17, 15) is 4.79 Å². The zero-order chi connectivity index (χ0) is 10.7. The van der Waals surface area contributed by atoms with Crippen LogP contribution in [0.4, 0.5) is 0 Å². The van der Waals surface area contributed by atoms with Gasteiger partial charge >= 0.3 is 0 Å². The van der Waals surface area contributed by atoms with Crippen LogP contribution in [0.2, 0.25) is 0 Å². The summed E-state index contributed by atoms with van der Waals surface area (Å²) in [5, 5.41) is 0. The van der Waals surface area contributed by atoms with Gasteiger partial charge in [0, 0.05) is 18.3 Å². The summed E-state index contributed by atoms with van der Waals surface area (Å²) in [7, 11) is 0. The summed E-state index contributed by atoms with van der Waals surface area (Å²) in [5.41, 5.74) is 1.23. The fourth-order valence-electron chi connectivity index (χ4n) is 2.38. The molecule has 82 valence electrons. The minimum absolute atomic E-state index is 0.0161. The van der Waals surface area contributed by atoms with Crippen LogP contribution in [0.15, 0.2) is 23.1 Å². The Labute approximate surface area is 90.1 Å². The number of H-pyrrole nitrogens is 1. The first-order chi connectivity index (χ1) is 7.31. The first-order valence-corrected chi connectivity index (χ1v) is 5.74. The highest BCUT2D eigenvalue weighted by Crippen LogP contribution is 2.29. The van der Waals surface area contributed by atoms with Gasteiger partial charge in [-0.2, -0.15) is 0 Å². The average molecular weight is 206 g/mol. The van der Waals surface area contributed by atoms with E-state index in [0.717, 1.165) is 6.54 Å². The molecule has 1 aromatic heterocycles. The van der Waals surface area contributed by atoms with Gasteiger partial charge in [-0.25, -0.2) is 0 Å². The van der Waals surface area contributed by atoms with Crippen LogP contribution in [0, 0.1) is 0 Å². The summed E-state index contributed by atoms with van der Waals surface area (Å²) in [6.07, 6.45) is 5.66. The van der Waals surface area contributed by atoms with Gasteiger partial charge in [-0.05, 0) is 31.5 Å². The van der Waals surface area contributed by atoms with E-state index < -0.39 is 0 Å². The van der Waals surface area contributed by atoms with Crippen molar-refractivity contribution >= 4 is 0 Å². The van der Waals surface area contributed by atoms with Gasteiger partial charge in [0.1, 0.15) is 0 Å². The largest absolute Gasteiger partial charge is 0.329 e. The molecule has 2 rings (SSSR count). The average Bonchev–Trinajstić information content (AvgIpc) is 2.30. The van der Waals surface area contributed by atoms with Gasteiger partial charge in [-0.3, -0.25) is 9.69 Å². The van der Waals surface area contributed by atoms with Crippen LogP contribution < -0.4 is 5.56 Å². The van der Waals surface area contributed by atoms with Crippen LogP contribution in [-0.2, 0) is 0 Å². The molecule has 1 saturated heterocycles. The van der Waals surface area contributed by atoms with Gasteiger partial charge in [0.25, 0.3) is 0 Å². The predicted octanol–water partition coefficient (Wildman–Crippen LogP) is 1.92. The maximum atomic E-state index is 11.0. The van der Waals surface area contributed by atoms with Crippen LogP contribution in [0.3, 0.4) is 0 Å². The second kappa shape index (κ2) is 4.62. The number of nitrogens with zero attached hydrogens (tertiary/aromatic N) is 1. The van der Waals surface area contributed by atoms with Gasteiger partial charge in [0.2, 0.25) is 5.56 Å². The highest BCUT2D eigenvalue weighted by atomic mass is 16.1. The molecule has 0 aromatic carbocycles. The van der Waals surface area contributed by atoms with Crippen LogP contribution in [0.5, 0.6) is 0 Å².